The Morgan fingerprint density at radius 1 is 1.12 bits per heavy atom. The van der Waals surface area contributed by atoms with E-state index < -0.39 is 12.1 Å². The van der Waals surface area contributed by atoms with Gasteiger partial charge in [-0.3, -0.25) is 14.8 Å². The number of pyridine rings is 1. The molecule has 6 heteroatoms. The van der Waals surface area contributed by atoms with E-state index in [-0.39, 0.29) is 0 Å². The zero-order valence-corrected chi connectivity index (χ0v) is 15.0. The zero-order valence-electron chi connectivity index (χ0n) is 15.0. The fourth-order valence-corrected chi connectivity index (χ4v) is 3.09. The Morgan fingerprint density at radius 3 is 2.46 bits per heavy atom. The molecule has 1 fully saturated rings. The monoisotopic (exact) mass is 355 g/mol. The molecule has 1 aromatic heterocycles. The largest absolute Gasteiger partial charge is 0.479 e. The Bertz CT molecular complexity index is 715. The third-order valence-corrected chi connectivity index (χ3v) is 4.61. The van der Waals surface area contributed by atoms with Crippen LogP contribution in [-0.4, -0.2) is 58.1 Å². The minimum absolute atomic E-state index is 0.653. The number of carboxylic acids is 1. The first kappa shape index (κ1) is 18.4. The van der Waals surface area contributed by atoms with Crippen molar-refractivity contribution in [3.05, 3.63) is 59.9 Å². The average molecular weight is 355 g/mol. The molecular formula is C20H25N3O3. The first-order chi connectivity index (χ1) is 12.6. The number of piperazine rings is 1. The molecule has 1 aliphatic rings. The van der Waals surface area contributed by atoms with Gasteiger partial charge in [0.05, 0.1) is 0 Å². The number of hydrogen-bond acceptors (Lipinski definition) is 5. The quantitative estimate of drug-likeness (QED) is 0.822. The predicted octanol–water partition coefficient (Wildman–Crippen LogP) is 2.25. The van der Waals surface area contributed by atoms with E-state index in [1.165, 1.54) is 5.56 Å². The predicted molar refractivity (Wildman–Crippen MR) is 99.0 cm³/mol. The summed E-state index contributed by atoms with van der Waals surface area (Å²) in [4.78, 5) is 20.0. The molecule has 0 aliphatic carbocycles. The summed E-state index contributed by atoms with van der Waals surface area (Å²) >= 11 is 0. The van der Waals surface area contributed by atoms with Crippen LogP contribution < -0.4 is 4.74 Å². The molecule has 26 heavy (non-hydrogen) atoms. The molecule has 2 aromatic rings. The van der Waals surface area contributed by atoms with Crippen LogP contribution in [0.3, 0.4) is 0 Å². The molecule has 0 spiro atoms. The number of nitrogens with zero attached hydrogens (tertiary/aromatic N) is 3. The topological polar surface area (TPSA) is 65.9 Å². The number of carboxylic acid groups (broad SMARTS) is 1. The van der Waals surface area contributed by atoms with Gasteiger partial charge in [0.2, 0.25) is 0 Å². The maximum absolute atomic E-state index is 11.0. The van der Waals surface area contributed by atoms with Crippen LogP contribution in [0.5, 0.6) is 5.75 Å². The van der Waals surface area contributed by atoms with Gasteiger partial charge in [0.25, 0.3) is 0 Å². The van der Waals surface area contributed by atoms with Crippen LogP contribution in [0.2, 0.25) is 0 Å². The minimum Gasteiger partial charge on any atom is -0.479 e. The number of benzene rings is 1. The average Bonchev–Trinajstić information content (AvgIpc) is 2.65. The Morgan fingerprint density at radius 2 is 1.81 bits per heavy atom. The Labute approximate surface area is 154 Å². The molecule has 1 unspecified atom stereocenters. The lowest BCUT2D eigenvalue weighted by Gasteiger charge is -2.35. The Balaban J connectivity index is 1.54. The number of ether oxygens (including phenoxy) is 1. The number of aromatic nitrogens is 1. The highest BCUT2D eigenvalue weighted by molar-refractivity contribution is 5.72. The maximum atomic E-state index is 11.0. The van der Waals surface area contributed by atoms with Crippen molar-refractivity contribution in [2.75, 3.05) is 26.2 Å². The van der Waals surface area contributed by atoms with Gasteiger partial charge in [-0.05, 0) is 24.6 Å². The van der Waals surface area contributed by atoms with Crippen LogP contribution in [-0.2, 0) is 17.9 Å². The highest BCUT2D eigenvalue weighted by Gasteiger charge is 2.20. The van der Waals surface area contributed by atoms with Gasteiger partial charge in [0.15, 0.2) is 6.10 Å². The smallest absolute Gasteiger partial charge is 0.344 e. The third-order valence-electron chi connectivity index (χ3n) is 4.61. The second-order valence-corrected chi connectivity index (χ2v) is 6.62. The highest BCUT2D eigenvalue weighted by Crippen LogP contribution is 2.22. The van der Waals surface area contributed by atoms with Crippen LogP contribution in [0.25, 0.3) is 0 Å². The van der Waals surface area contributed by atoms with Crippen LogP contribution >= 0.6 is 0 Å². The highest BCUT2D eigenvalue weighted by atomic mass is 16.5. The van der Waals surface area contributed by atoms with E-state index in [4.69, 9.17) is 9.84 Å². The van der Waals surface area contributed by atoms with E-state index in [9.17, 15) is 4.79 Å². The van der Waals surface area contributed by atoms with Gasteiger partial charge in [0.1, 0.15) is 5.75 Å². The van der Waals surface area contributed by atoms with Crippen molar-refractivity contribution in [2.24, 2.45) is 0 Å². The molecule has 2 heterocycles. The van der Waals surface area contributed by atoms with Crippen molar-refractivity contribution in [2.45, 2.75) is 26.1 Å². The molecule has 1 atom stereocenters. The van der Waals surface area contributed by atoms with Crippen LogP contribution in [0.1, 0.15) is 18.1 Å². The van der Waals surface area contributed by atoms with Crippen LogP contribution in [0, 0.1) is 0 Å². The van der Waals surface area contributed by atoms with Crippen molar-refractivity contribution in [3.8, 4) is 5.75 Å². The summed E-state index contributed by atoms with van der Waals surface area (Å²) in [5.74, 6) is -0.302. The molecule has 0 bridgehead atoms. The molecule has 1 aliphatic heterocycles. The summed E-state index contributed by atoms with van der Waals surface area (Å²) < 4.78 is 5.61. The molecule has 6 nitrogen and oxygen atoms in total. The molecule has 138 valence electrons. The van der Waals surface area contributed by atoms with E-state index in [0.717, 1.165) is 44.8 Å². The molecular weight excluding hydrogens is 330 g/mol. The van der Waals surface area contributed by atoms with Gasteiger partial charge in [0, 0.05) is 57.2 Å². The third kappa shape index (κ3) is 5.03. The van der Waals surface area contributed by atoms with Crippen LogP contribution in [0.15, 0.2) is 48.8 Å². The van der Waals surface area contributed by atoms with Crippen LogP contribution in [0.4, 0.5) is 0 Å². The number of rotatable bonds is 7. The van der Waals surface area contributed by atoms with E-state index in [1.54, 1.807) is 13.1 Å². The number of aliphatic carboxylic acids is 1. The van der Waals surface area contributed by atoms with E-state index in [0.29, 0.717) is 5.75 Å². The zero-order chi connectivity index (χ0) is 18.4. The van der Waals surface area contributed by atoms with E-state index >= 15 is 0 Å². The SMILES string of the molecule is CC(Oc1ccccc1CN1CCN(Cc2cccnc2)CC1)C(=O)O. The fourth-order valence-electron chi connectivity index (χ4n) is 3.09. The van der Waals surface area contributed by atoms with Crippen molar-refractivity contribution in [1.82, 2.24) is 14.8 Å². The lowest BCUT2D eigenvalue weighted by atomic mass is 10.1. The van der Waals surface area contributed by atoms with Gasteiger partial charge >= 0.3 is 5.97 Å². The van der Waals surface area contributed by atoms with Crippen molar-refractivity contribution in [1.29, 1.82) is 0 Å². The van der Waals surface area contributed by atoms with E-state index in [1.807, 2.05) is 36.5 Å². The number of hydrogen-bond donors (Lipinski definition) is 1. The van der Waals surface area contributed by atoms with Gasteiger partial charge < -0.3 is 9.84 Å². The summed E-state index contributed by atoms with van der Waals surface area (Å²) in [6.45, 7) is 7.20. The normalized spacial score (nSPS) is 17.0. The van der Waals surface area contributed by atoms with Gasteiger partial charge in [-0.2, -0.15) is 0 Å². The Kier molecular flexibility index (Phi) is 6.20. The molecule has 0 saturated carbocycles. The lowest BCUT2D eigenvalue weighted by Crippen LogP contribution is -2.45. The maximum Gasteiger partial charge on any atom is 0.344 e. The van der Waals surface area contributed by atoms with Gasteiger partial charge in [-0.15, -0.1) is 0 Å². The molecule has 3 rings (SSSR count). The molecule has 0 amide bonds. The summed E-state index contributed by atoms with van der Waals surface area (Å²) in [7, 11) is 0. The van der Waals surface area contributed by atoms with Crippen molar-refractivity contribution < 1.29 is 14.6 Å². The molecule has 1 saturated heterocycles. The fraction of sp³-hybridized carbons (Fsp3) is 0.400. The molecule has 1 N–H and O–H groups in total. The number of para-hydroxylation sites is 1. The first-order valence-electron chi connectivity index (χ1n) is 8.93. The first-order valence-corrected chi connectivity index (χ1v) is 8.93. The molecule has 0 radical (unpaired) electrons. The summed E-state index contributed by atoms with van der Waals surface area (Å²) in [6.07, 6.45) is 2.86. The Hall–Kier alpha value is -2.44. The van der Waals surface area contributed by atoms with E-state index in [2.05, 4.69) is 20.9 Å². The lowest BCUT2D eigenvalue weighted by molar-refractivity contribution is -0.144. The van der Waals surface area contributed by atoms with Gasteiger partial charge in [-0.1, -0.05) is 24.3 Å². The second-order valence-electron chi connectivity index (χ2n) is 6.62. The summed E-state index contributed by atoms with van der Waals surface area (Å²) in [5.41, 5.74) is 2.27. The second kappa shape index (κ2) is 8.78. The number of carbonyl (C=O) groups is 1. The minimum atomic E-state index is -0.955. The van der Waals surface area contributed by atoms with Gasteiger partial charge in [-0.25, -0.2) is 4.79 Å². The van der Waals surface area contributed by atoms with Crippen molar-refractivity contribution in [3.63, 3.8) is 0 Å². The summed E-state index contributed by atoms with van der Waals surface area (Å²) in [6, 6.07) is 11.8. The molecule has 1 aromatic carbocycles. The van der Waals surface area contributed by atoms with Crippen molar-refractivity contribution >= 4 is 5.97 Å². The standard InChI is InChI=1S/C20H25N3O3/c1-16(20(24)25)26-19-7-3-2-6-18(19)15-23-11-9-22(10-12-23)14-17-5-4-8-21-13-17/h2-8,13,16H,9-12,14-15H2,1H3,(H,24,25). The summed E-state index contributed by atoms with van der Waals surface area (Å²) in [5, 5.41) is 9.06.